The molecule has 9 heteroatoms. The van der Waals surface area contributed by atoms with Gasteiger partial charge in [-0.2, -0.15) is 0 Å². The number of para-hydroxylation sites is 1. The summed E-state index contributed by atoms with van der Waals surface area (Å²) < 4.78 is 17.0. The minimum atomic E-state index is -0.347. The second-order valence-electron chi connectivity index (χ2n) is 9.27. The van der Waals surface area contributed by atoms with Crippen LogP contribution in [-0.4, -0.2) is 52.4 Å². The molecule has 1 unspecified atom stereocenters. The first-order valence-electron chi connectivity index (χ1n) is 12.7. The first-order valence-corrected chi connectivity index (χ1v) is 12.7. The number of amides is 2. The zero-order valence-electron chi connectivity index (χ0n) is 22.7. The number of anilines is 2. The van der Waals surface area contributed by atoms with E-state index >= 15 is 0 Å². The van der Waals surface area contributed by atoms with Crippen molar-refractivity contribution in [2.75, 3.05) is 38.0 Å². The molecule has 0 aromatic heterocycles. The van der Waals surface area contributed by atoms with Crippen LogP contribution in [0, 0.1) is 0 Å². The van der Waals surface area contributed by atoms with Crippen molar-refractivity contribution in [2.24, 2.45) is 4.99 Å². The number of aliphatic imine (C=N–C) groups is 1. The van der Waals surface area contributed by atoms with Gasteiger partial charge in [-0.3, -0.25) is 14.6 Å². The van der Waals surface area contributed by atoms with Crippen molar-refractivity contribution in [1.82, 2.24) is 5.32 Å². The molecule has 1 aliphatic rings. The normalized spacial score (nSPS) is 13.0. The van der Waals surface area contributed by atoms with Gasteiger partial charge in [0.25, 0.3) is 5.91 Å². The Morgan fingerprint density at radius 3 is 2.49 bits per heavy atom. The Morgan fingerprint density at radius 1 is 1.05 bits per heavy atom. The first-order chi connectivity index (χ1) is 18.9. The van der Waals surface area contributed by atoms with E-state index in [1.54, 1.807) is 38.1 Å². The van der Waals surface area contributed by atoms with Gasteiger partial charge in [-0.05, 0) is 74.1 Å². The maximum atomic E-state index is 13.5. The standard InChI is InChI=1S/C30H34N4O5/c1-19(31-2)29(35)33-23-13-20(17-37-4)12-21(14-23)18-39-28-16-25(32-3)24(15-27(28)38-5)30(36)34-11-10-22-8-6-7-9-26(22)34/h6-9,12-16,19,31H,3,10-11,17-18H2,1-2,4-5H3,(H,33,35). The van der Waals surface area contributed by atoms with E-state index in [1.165, 1.54) is 7.11 Å². The van der Waals surface area contributed by atoms with E-state index in [0.717, 1.165) is 28.8 Å². The maximum absolute atomic E-state index is 13.5. The molecule has 9 nitrogen and oxygen atoms in total. The molecular formula is C30H34N4O5. The van der Waals surface area contributed by atoms with Crippen molar-refractivity contribution in [2.45, 2.75) is 32.6 Å². The van der Waals surface area contributed by atoms with Gasteiger partial charge in [0.1, 0.15) is 6.61 Å². The number of nitrogens with one attached hydrogen (secondary N) is 2. The summed E-state index contributed by atoms with van der Waals surface area (Å²) in [4.78, 5) is 31.8. The third-order valence-corrected chi connectivity index (χ3v) is 6.67. The van der Waals surface area contributed by atoms with E-state index in [1.807, 2.05) is 42.5 Å². The number of hydrogen-bond donors (Lipinski definition) is 2. The fraction of sp³-hybridized carbons (Fsp3) is 0.300. The molecule has 1 atom stereocenters. The summed E-state index contributed by atoms with van der Waals surface area (Å²) in [5, 5.41) is 5.85. The second-order valence-corrected chi connectivity index (χ2v) is 9.27. The molecule has 0 saturated carbocycles. The number of methoxy groups -OCH3 is 2. The van der Waals surface area contributed by atoms with Gasteiger partial charge < -0.3 is 29.7 Å². The van der Waals surface area contributed by atoms with E-state index in [-0.39, 0.29) is 24.5 Å². The highest BCUT2D eigenvalue weighted by atomic mass is 16.5. The number of carbonyl (C=O) groups excluding carboxylic acids is 2. The maximum Gasteiger partial charge on any atom is 0.260 e. The lowest BCUT2D eigenvalue weighted by Crippen LogP contribution is -2.35. The summed E-state index contributed by atoms with van der Waals surface area (Å²) in [5.41, 5.74) is 5.18. The monoisotopic (exact) mass is 530 g/mol. The largest absolute Gasteiger partial charge is 0.493 e. The zero-order valence-corrected chi connectivity index (χ0v) is 22.7. The van der Waals surface area contributed by atoms with E-state index in [0.29, 0.717) is 41.6 Å². The minimum absolute atomic E-state index is 0.150. The highest BCUT2D eigenvalue weighted by Gasteiger charge is 2.28. The predicted molar refractivity (Wildman–Crippen MR) is 153 cm³/mol. The molecule has 1 heterocycles. The summed E-state index contributed by atoms with van der Waals surface area (Å²) in [6.07, 6.45) is 0.801. The zero-order chi connectivity index (χ0) is 27.9. The third kappa shape index (κ3) is 6.27. The Kier molecular flexibility index (Phi) is 8.96. The fourth-order valence-corrected chi connectivity index (χ4v) is 4.53. The quantitative estimate of drug-likeness (QED) is 0.354. The van der Waals surface area contributed by atoms with Gasteiger partial charge in [-0.15, -0.1) is 0 Å². The van der Waals surface area contributed by atoms with Gasteiger partial charge in [0.2, 0.25) is 5.91 Å². The number of benzene rings is 3. The van der Waals surface area contributed by atoms with Crippen molar-refractivity contribution in [1.29, 1.82) is 0 Å². The summed E-state index contributed by atoms with van der Waals surface area (Å²) >= 11 is 0. The van der Waals surface area contributed by atoms with Crippen molar-refractivity contribution >= 4 is 35.6 Å². The van der Waals surface area contributed by atoms with Crippen LogP contribution in [0.5, 0.6) is 11.5 Å². The van der Waals surface area contributed by atoms with E-state index < -0.39 is 0 Å². The molecule has 0 spiro atoms. The van der Waals surface area contributed by atoms with Crippen LogP contribution < -0.4 is 25.0 Å². The van der Waals surface area contributed by atoms with Crippen LogP contribution in [0.1, 0.15) is 34.0 Å². The van der Waals surface area contributed by atoms with Crippen LogP contribution >= 0.6 is 0 Å². The van der Waals surface area contributed by atoms with Crippen molar-refractivity contribution in [3.8, 4) is 11.5 Å². The molecule has 4 rings (SSSR count). The van der Waals surface area contributed by atoms with E-state index in [4.69, 9.17) is 14.2 Å². The van der Waals surface area contributed by atoms with Crippen LogP contribution in [0.15, 0.2) is 59.6 Å². The predicted octanol–water partition coefficient (Wildman–Crippen LogP) is 4.50. The molecule has 3 aromatic carbocycles. The van der Waals surface area contributed by atoms with E-state index in [9.17, 15) is 9.59 Å². The Labute approximate surface area is 228 Å². The lowest BCUT2D eigenvalue weighted by Gasteiger charge is -2.20. The average Bonchev–Trinajstić information content (AvgIpc) is 3.39. The van der Waals surface area contributed by atoms with E-state index in [2.05, 4.69) is 22.3 Å². The van der Waals surface area contributed by atoms with Crippen LogP contribution in [0.4, 0.5) is 17.1 Å². The van der Waals surface area contributed by atoms with Crippen LogP contribution in [0.2, 0.25) is 0 Å². The SMILES string of the molecule is C=Nc1cc(OCc2cc(COC)cc(NC(=O)C(C)NC)c2)c(OC)cc1C(=O)N1CCc2ccccc21. The number of fused-ring (bicyclic) bond motifs is 1. The molecule has 0 saturated heterocycles. The molecule has 39 heavy (non-hydrogen) atoms. The van der Waals surface area contributed by atoms with Gasteiger partial charge in [0.05, 0.1) is 31.0 Å². The summed E-state index contributed by atoms with van der Waals surface area (Å²) in [6.45, 7) is 6.62. The Balaban J connectivity index is 1.58. The number of ether oxygens (including phenoxy) is 3. The molecule has 0 bridgehead atoms. The number of carbonyl (C=O) groups is 2. The second kappa shape index (κ2) is 12.6. The molecule has 2 amide bonds. The molecule has 204 valence electrons. The van der Waals surface area contributed by atoms with Crippen molar-refractivity contribution < 1.29 is 23.8 Å². The van der Waals surface area contributed by atoms with Gasteiger partial charge in [0, 0.05) is 31.1 Å². The summed E-state index contributed by atoms with van der Waals surface area (Å²) in [7, 11) is 4.87. The van der Waals surface area contributed by atoms with Crippen LogP contribution in [0.25, 0.3) is 0 Å². The van der Waals surface area contributed by atoms with Crippen LogP contribution in [-0.2, 0) is 29.2 Å². The highest BCUT2D eigenvalue weighted by Crippen LogP contribution is 2.38. The molecule has 3 aromatic rings. The smallest absolute Gasteiger partial charge is 0.260 e. The Hall–Kier alpha value is -4.21. The van der Waals surface area contributed by atoms with Gasteiger partial charge in [0.15, 0.2) is 11.5 Å². The lowest BCUT2D eigenvalue weighted by molar-refractivity contribution is -0.117. The Morgan fingerprint density at radius 2 is 1.79 bits per heavy atom. The minimum Gasteiger partial charge on any atom is -0.493 e. The van der Waals surface area contributed by atoms with Crippen molar-refractivity contribution in [3.63, 3.8) is 0 Å². The number of hydrogen-bond acceptors (Lipinski definition) is 7. The third-order valence-electron chi connectivity index (χ3n) is 6.67. The molecule has 0 aliphatic carbocycles. The topological polar surface area (TPSA) is 101 Å². The molecular weight excluding hydrogens is 496 g/mol. The Bertz CT molecular complexity index is 1370. The molecule has 2 N–H and O–H groups in total. The molecule has 0 radical (unpaired) electrons. The lowest BCUT2D eigenvalue weighted by atomic mass is 10.1. The number of nitrogens with zero attached hydrogens (tertiary/aromatic N) is 2. The van der Waals surface area contributed by atoms with Gasteiger partial charge in [-0.1, -0.05) is 18.2 Å². The average molecular weight is 531 g/mol. The van der Waals surface area contributed by atoms with Crippen molar-refractivity contribution in [3.05, 3.63) is 76.9 Å². The fourth-order valence-electron chi connectivity index (χ4n) is 4.53. The van der Waals surface area contributed by atoms with Gasteiger partial charge in [-0.25, -0.2) is 0 Å². The number of rotatable bonds is 11. The summed E-state index contributed by atoms with van der Waals surface area (Å²) in [6, 6.07) is 16.5. The first kappa shape index (κ1) is 27.8. The summed E-state index contributed by atoms with van der Waals surface area (Å²) in [5.74, 6) is 0.506. The number of likely N-dealkylation sites (N-methyl/N-ethyl adjacent to an activating group) is 1. The molecule has 0 fully saturated rings. The molecule has 1 aliphatic heterocycles. The van der Waals surface area contributed by atoms with Crippen LogP contribution in [0.3, 0.4) is 0 Å². The van der Waals surface area contributed by atoms with Gasteiger partial charge >= 0.3 is 0 Å². The highest BCUT2D eigenvalue weighted by molar-refractivity contribution is 6.10.